The van der Waals surface area contributed by atoms with E-state index in [0.29, 0.717) is 18.1 Å². The minimum Gasteiger partial charge on any atom is -0.313 e. The third kappa shape index (κ3) is 3.55. The van der Waals surface area contributed by atoms with Crippen LogP contribution in [0.3, 0.4) is 0 Å². The van der Waals surface area contributed by atoms with Crippen LogP contribution in [0.4, 0.5) is 0 Å². The second kappa shape index (κ2) is 5.55. The number of hydrogen-bond acceptors (Lipinski definition) is 2. The Morgan fingerprint density at radius 3 is 2.00 bits per heavy atom. The molecule has 0 aliphatic heterocycles. The van der Waals surface area contributed by atoms with Crippen LogP contribution < -0.4 is 5.32 Å². The molecule has 1 N–H and O–H groups in total. The molecule has 0 fully saturated rings. The van der Waals surface area contributed by atoms with Crippen LogP contribution >= 0.6 is 0 Å². The molecule has 0 aromatic heterocycles. The van der Waals surface area contributed by atoms with Crippen molar-refractivity contribution in [2.24, 2.45) is 0 Å². The maximum absolute atomic E-state index is 3.44. The fraction of sp³-hybridized carbons (Fsp3) is 1.00. The van der Waals surface area contributed by atoms with E-state index in [2.05, 4.69) is 51.9 Å². The van der Waals surface area contributed by atoms with E-state index < -0.39 is 0 Å². The zero-order valence-corrected chi connectivity index (χ0v) is 9.39. The molecule has 2 unspecified atom stereocenters. The highest BCUT2D eigenvalue weighted by Crippen LogP contribution is 2.05. The molecule has 0 heterocycles. The molecule has 2 atom stereocenters. The van der Waals surface area contributed by atoms with Crippen molar-refractivity contribution in [3.05, 3.63) is 0 Å². The van der Waals surface area contributed by atoms with Crippen LogP contribution in [0.5, 0.6) is 0 Å². The van der Waals surface area contributed by atoms with Crippen LogP contribution in [-0.4, -0.2) is 36.6 Å². The molecule has 74 valence electrons. The first-order chi connectivity index (χ1) is 5.50. The Morgan fingerprint density at radius 1 is 1.17 bits per heavy atom. The fourth-order valence-electron chi connectivity index (χ4n) is 1.32. The number of nitrogens with one attached hydrogen (secondary N) is 1. The van der Waals surface area contributed by atoms with Gasteiger partial charge in [0.15, 0.2) is 0 Å². The highest BCUT2D eigenvalue weighted by molar-refractivity contribution is 4.76. The molecular weight excluding hydrogens is 148 g/mol. The van der Waals surface area contributed by atoms with E-state index in [1.807, 2.05) is 0 Å². The lowest BCUT2D eigenvalue weighted by Crippen LogP contribution is -2.47. The Hall–Kier alpha value is -0.0800. The summed E-state index contributed by atoms with van der Waals surface area (Å²) in [5, 5.41) is 3.44. The molecule has 0 aliphatic rings. The first-order valence-corrected chi connectivity index (χ1v) is 4.96. The minimum atomic E-state index is 0.572. The normalized spacial score (nSPS) is 17.0. The molecule has 0 aliphatic carbocycles. The fourth-order valence-corrected chi connectivity index (χ4v) is 1.32. The lowest BCUT2D eigenvalue weighted by atomic mass is 10.1. The molecule has 0 aromatic rings. The molecule has 0 rings (SSSR count). The van der Waals surface area contributed by atoms with Crippen molar-refractivity contribution in [2.45, 2.75) is 52.7 Å². The summed E-state index contributed by atoms with van der Waals surface area (Å²) < 4.78 is 0. The summed E-state index contributed by atoms with van der Waals surface area (Å²) in [6.45, 7) is 12.2. The number of hydrogen-bond donors (Lipinski definition) is 1. The van der Waals surface area contributed by atoms with Gasteiger partial charge in [-0.25, -0.2) is 0 Å². The zero-order valence-electron chi connectivity index (χ0n) is 9.39. The van der Waals surface area contributed by atoms with Gasteiger partial charge in [0.05, 0.1) is 0 Å². The number of nitrogens with zero attached hydrogens (tertiary/aromatic N) is 1. The van der Waals surface area contributed by atoms with Gasteiger partial charge in [-0.3, -0.25) is 4.90 Å². The van der Waals surface area contributed by atoms with Gasteiger partial charge < -0.3 is 5.32 Å². The summed E-state index contributed by atoms with van der Waals surface area (Å²) >= 11 is 0. The highest BCUT2D eigenvalue weighted by atomic mass is 15.2. The van der Waals surface area contributed by atoms with Gasteiger partial charge in [0.1, 0.15) is 0 Å². The van der Waals surface area contributed by atoms with E-state index in [9.17, 15) is 0 Å². The molecule has 0 saturated heterocycles. The molecule has 2 nitrogen and oxygen atoms in total. The Kier molecular flexibility index (Phi) is 5.51. The average Bonchev–Trinajstić information content (AvgIpc) is 2.02. The number of likely N-dealkylation sites (N-methyl/N-ethyl adjacent to an activating group) is 2. The molecule has 2 heteroatoms. The quantitative estimate of drug-likeness (QED) is 0.679. The van der Waals surface area contributed by atoms with Gasteiger partial charge in [0, 0.05) is 18.1 Å². The van der Waals surface area contributed by atoms with Crippen LogP contribution in [0, 0.1) is 0 Å². The Morgan fingerprint density at radius 2 is 1.67 bits per heavy atom. The van der Waals surface area contributed by atoms with Crippen molar-refractivity contribution in [3.8, 4) is 0 Å². The smallest absolute Gasteiger partial charge is 0.0218 e. The predicted octanol–water partition coefficient (Wildman–Crippen LogP) is 1.71. The van der Waals surface area contributed by atoms with Crippen molar-refractivity contribution in [1.29, 1.82) is 0 Å². The summed E-state index contributed by atoms with van der Waals surface area (Å²) in [7, 11) is 2.18. The van der Waals surface area contributed by atoms with E-state index >= 15 is 0 Å². The summed E-state index contributed by atoms with van der Waals surface area (Å²) in [5.41, 5.74) is 0. The van der Waals surface area contributed by atoms with Crippen molar-refractivity contribution in [3.63, 3.8) is 0 Å². The Bertz CT molecular complexity index is 112. The van der Waals surface area contributed by atoms with E-state index in [-0.39, 0.29) is 0 Å². The standard InChI is InChI=1S/C10H24N2/c1-7-11-9(4)10(5)12(6)8(2)3/h8-11H,7H2,1-6H3. The summed E-state index contributed by atoms with van der Waals surface area (Å²) in [4.78, 5) is 2.40. The van der Waals surface area contributed by atoms with E-state index in [0.717, 1.165) is 6.54 Å². The first-order valence-electron chi connectivity index (χ1n) is 4.96. The first kappa shape index (κ1) is 11.9. The summed E-state index contributed by atoms with van der Waals surface area (Å²) in [5.74, 6) is 0. The molecule has 12 heavy (non-hydrogen) atoms. The lowest BCUT2D eigenvalue weighted by molar-refractivity contribution is 0.175. The summed E-state index contributed by atoms with van der Waals surface area (Å²) in [6, 6.07) is 1.80. The third-order valence-corrected chi connectivity index (χ3v) is 2.71. The van der Waals surface area contributed by atoms with E-state index in [1.165, 1.54) is 0 Å². The van der Waals surface area contributed by atoms with Crippen molar-refractivity contribution >= 4 is 0 Å². The minimum absolute atomic E-state index is 0.572. The Labute approximate surface area is 77.3 Å². The molecule has 0 bridgehead atoms. The molecule has 0 saturated carbocycles. The number of rotatable bonds is 5. The molecule has 0 amide bonds. The summed E-state index contributed by atoms with van der Waals surface area (Å²) in [6.07, 6.45) is 0. The molecule has 0 spiro atoms. The Balaban J connectivity index is 3.90. The second-order valence-electron chi connectivity index (χ2n) is 3.85. The molecular formula is C10H24N2. The van der Waals surface area contributed by atoms with E-state index in [4.69, 9.17) is 0 Å². The van der Waals surface area contributed by atoms with Crippen molar-refractivity contribution < 1.29 is 0 Å². The SMILES string of the molecule is CCNC(C)C(C)N(C)C(C)C. The monoisotopic (exact) mass is 172 g/mol. The van der Waals surface area contributed by atoms with Gasteiger partial charge in [0.2, 0.25) is 0 Å². The van der Waals surface area contributed by atoms with Gasteiger partial charge in [-0.15, -0.1) is 0 Å². The van der Waals surface area contributed by atoms with Crippen molar-refractivity contribution in [2.75, 3.05) is 13.6 Å². The molecule has 0 aromatic carbocycles. The third-order valence-electron chi connectivity index (χ3n) is 2.71. The zero-order chi connectivity index (χ0) is 9.72. The van der Waals surface area contributed by atoms with Crippen LogP contribution in [0.25, 0.3) is 0 Å². The highest BCUT2D eigenvalue weighted by Gasteiger charge is 2.17. The van der Waals surface area contributed by atoms with Gasteiger partial charge in [-0.1, -0.05) is 6.92 Å². The van der Waals surface area contributed by atoms with Crippen LogP contribution in [0.2, 0.25) is 0 Å². The lowest BCUT2D eigenvalue weighted by Gasteiger charge is -2.33. The van der Waals surface area contributed by atoms with Crippen LogP contribution in [-0.2, 0) is 0 Å². The van der Waals surface area contributed by atoms with Crippen LogP contribution in [0.1, 0.15) is 34.6 Å². The van der Waals surface area contributed by atoms with Gasteiger partial charge in [-0.05, 0) is 41.3 Å². The predicted molar refractivity (Wildman–Crippen MR) is 55.5 cm³/mol. The maximum atomic E-state index is 3.44. The topological polar surface area (TPSA) is 15.3 Å². The van der Waals surface area contributed by atoms with Crippen LogP contribution in [0.15, 0.2) is 0 Å². The largest absolute Gasteiger partial charge is 0.313 e. The molecule has 0 radical (unpaired) electrons. The second-order valence-corrected chi connectivity index (χ2v) is 3.85. The average molecular weight is 172 g/mol. The van der Waals surface area contributed by atoms with Gasteiger partial charge in [-0.2, -0.15) is 0 Å². The maximum Gasteiger partial charge on any atom is 0.0218 e. The van der Waals surface area contributed by atoms with Crippen molar-refractivity contribution in [1.82, 2.24) is 10.2 Å². The van der Waals surface area contributed by atoms with Gasteiger partial charge in [0.25, 0.3) is 0 Å². The van der Waals surface area contributed by atoms with E-state index in [1.54, 1.807) is 0 Å². The van der Waals surface area contributed by atoms with Gasteiger partial charge >= 0.3 is 0 Å².